The van der Waals surface area contributed by atoms with Crippen LogP contribution in [0, 0.1) is 5.82 Å². The number of carbonyl (C=O) groups excluding carboxylic acids is 1. The lowest BCUT2D eigenvalue weighted by Gasteiger charge is -2.32. The highest BCUT2D eigenvalue weighted by atomic mass is 35.5. The minimum Gasteiger partial charge on any atom is -0.375 e. The molecule has 0 saturated carbocycles. The van der Waals surface area contributed by atoms with Crippen molar-refractivity contribution in [2.45, 2.75) is 25.4 Å². The summed E-state index contributed by atoms with van der Waals surface area (Å²) in [6.07, 6.45) is 3.29. The maximum atomic E-state index is 13.9. The second kappa shape index (κ2) is 7.72. The lowest BCUT2D eigenvalue weighted by Crippen LogP contribution is -2.50. The predicted octanol–water partition coefficient (Wildman–Crippen LogP) is 2.57. The molecule has 0 aliphatic carbocycles. The van der Waals surface area contributed by atoms with E-state index in [1.54, 1.807) is 24.4 Å². The predicted molar refractivity (Wildman–Crippen MR) is 92.4 cm³/mol. The zero-order chi connectivity index (χ0) is 15.5. The van der Waals surface area contributed by atoms with Crippen LogP contribution in [0.1, 0.15) is 17.7 Å². The van der Waals surface area contributed by atoms with Gasteiger partial charge < -0.3 is 16.0 Å². The molecule has 23 heavy (non-hydrogen) atoms. The summed E-state index contributed by atoms with van der Waals surface area (Å²) in [5.41, 5.74) is 5.94. The fourth-order valence-electron chi connectivity index (χ4n) is 2.60. The van der Waals surface area contributed by atoms with Crippen molar-refractivity contribution in [3.63, 3.8) is 0 Å². The van der Waals surface area contributed by atoms with E-state index in [9.17, 15) is 9.18 Å². The lowest BCUT2D eigenvalue weighted by molar-refractivity contribution is -0.121. The molecule has 0 radical (unpaired) electrons. The number of nitrogens with zero attached hydrogens (tertiary/aromatic N) is 2. The van der Waals surface area contributed by atoms with Crippen LogP contribution >= 0.6 is 23.7 Å². The highest BCUT2D eigenvalue weighted by molar-refractivity contribution is 7.15. The molecule has 1 aromatic carbocycles. The molecule has 3 N–H and O–H groups in total. The van der Waals surface area contributed by atoms with E-state index in [4.69, 9.17) is 5.73 Å². The first kappa shape index (κ1) is 17.7. The Bertz CT molecular complexity index is 681. The molecular formula is C15H18ClFN4OS. The molecule has 1 atom stereocenters. The van der Waals surface area contributed by atoms with Crippen LogP contribution in [0.5, 0.6) is 0 Å². The minimum atomic E-state index is -0.369. The molecule has 1 aliphatic rings. The van der Waals surface area contributed by atoms with Crippen LogP contribution in [0.4, 0.5) is 15.2 Å². The van der Waals surface area contributed by atoms with Crippen molar-refractivity contribution in [3.8, 4) is 0 Å². The van der Waals surface area contributed by atoms with Gasteiger partial charge in [0.2, 0.25) is 5.91 Å². The molecule has 8 heteroatoms. The number of para-hydroxylation sites is 1. The molecule has 1 unspecified atom stereocenters. The van der Waals surface area contributed by atoms with Gasteiger partial charge in [0.15, 0.2) is 5.13 Å². The number of hydrogen-bond acceptors (Lipinski definition) is 5. The van der Waals surface area contributed by atoms with Crippen molar-refractivity contribution in [3.05, 3.63) is 41.2 Å². The van der Waals surface area contributed by atoms with E-state index in [0.29, 0.717) is 23.9 Å². The summed E-state index contributed by atoms with van der Waals surface area (Å²) >= 11 is 1.40. The van der Waals surface area contributed by atoms with Gasteiger partial charge in [-0.2, -0.15) is 0 Å². The second-order valence-corrected chi connectivity index (χ2v) is 6.33. The summed E-state index contributed by atoms with van der Waals surface area (Å²) in [7, 11) is 0. The van der Waals surface area contributed by atoms with Gasteiger partial charge in [-0.15, -0.1) is 23.7 Å². The number of nitrogen functional groups attached to an aromatic ring is 1. The third-order valence-electron chi connectivity index (χ3n) is 3.68. The van der Waals surface area contributed by atoms with Gasteiger partial charge in [0.25, 0.3) is 0 Å². The first-order valence-electron chi connectivity index (χ1n) is 7.14. The number of aromatic nitrogens is 1. The van der Waals surface area contributed by atoms with Gasteiger partial charge in [-0.05, 0) is 25.0 Å². The molecular weight excluding hydrogens is 339 g/mol. The molecule has 2 aromatic rings. The lowest BCUT2D eigenvalue weighted by atomic mass is 10.0. The Hall–Kier alpha value is -1.70. The summed E-state index contributed by atoms with van der Waals surface area (Å²) in [5, 5.41) is 3.74. The van der Waals surface area contributed by atoms with E-state index in [1.165, 1.54) is 22.3 Å². The van der Waals surface area contributed by atoms with Crippen LogP contribution in [-0.2, 0) is 11.3 Å². The van der Waals surface area contributed by atoms with Crippen LogP contribution in [0.2, 0.25) is 0 Å². The first-order chi connectivity index (χ1) is 10.6. The van der Waals surface area contributed by atoms with Gasteiger partial charge in [0, 0.05) is 24.2 Å². The molecule has 2 heterocycles. The molecule has 3 rings (SSSR count). The number of rotatable bonds is 4. The van der Waals surface area contributed by atoms with Crippen molar-refractivity contribution < 1.29 is 9.18 Å². The number of carbonyl (C=O) groups is 1. The third kappa shape index (κ3) is 3.99. The molecule has 1 fully saturated rings. The van der Waals surface area contributed by atoms with Crippen LogP contribution in [0.15, 0.2) is 30.5 Å². The van der Waals surface area contributed by atoms with Gasteiger partial charge in [0.1, 0.15) is 5.82 Å². The van der Waals surface area contributed by atoms with Crippen LogP contribution in [0.3, 0.4) is 0 Å². The number of hydrogen-bond donors (Lipinski definition) is 2. The number of amides is 1. The number of benzene rings is 1. The molecule has 124 valence electrons. The van der Waals surface area contributed by atoms with Gasteiger partial charge >= 0.3 is 0 Å². The Morgan fingerprint density at radius 1 is 1.43 bits per heavy atom. The Labute approximate surface area is 144 Å². The van der Waals surface area contributed by atoms with Crippen LogP contribution in [0.25, 0.3) is 0 Å². The Balaban J connectivity index is 0.00000192. The van der Waals surface area contributed by atoms with Gasteiger partial charge in [0.05, 0.1) is 11.7 Å². The quantitative estimate of drug-likeness (QED) is 0.883. The zero-order valence-electron chi connectivity index (χ0n) is 12.4. The van der Waals surface area contributed by atoms with Crippen molar-refractivity contribution >= 4 is 40.5 Å². The second-order valence-electron chi connectivity index (χ2n) is 5.18. The van der Waals surface area contributed by atoms with Gasteiger partial charge in [-0.1, -0.05) is 12.1 Å². The smallest absolute Gasteiger partial charge is 0.244 e. The van der Waals surface area contributed by atoms with Crippen molar-refractivity contribution in [2.75, 3.05) is 17.2 Å². The van der Waals surface area contributed by atoms with Gasteiger partial charge in [-0.3, -0.25) is 4.79 Å². The maximum absolute atomic E-state index is 13.9. The van der Waals surface area contributed by atoms with E-state index in [-0.39, 0.29) is 30.2 Å². The van der Waals surface area contributed by atoms with Crippen molar-refractivity contribution in [2.24, 2.45) is 0 Å². The van der Waals surface area contributed by atoms with E-state index < -0.39 is 0 Å². The molecule has 0 spiro atoms. The molecule has 1 aromatic heterocycles. The molecule has 1 amide bonds. The summed E-state index contributed by atoms with van der Waals surface area (Å²) in [6, 6.07) is 6.07. The summed E-state index contributed by atoms with van der Waals surface area (Å²) < 4.78 is 13.9. The number of thiazole rings is 1. The zero-order valence-corrected chi connectivity index (χ0v) is 14.0. The van der Waals surface area contributed by atoms with Crippen molar-refractivity contribution in [1.82, 2.24) is 10.3 Å². The van der Waals surface area contributed by atoms with Gasteiger partial charge in [-0.25, -0.2) is 9.37 Å². The minimum absolute atomic E-state index is 0. The van der Waals surface area contributed by atoms with E-state index in [2.05, 4.69) is 10.3 Å². The monoisotopic (exact) mass is 356 g/mol. The number of anilines is 2. The van der Waals surface area contributed by atoms with E-state index in [0.717, 1.165) is 17.7 Å². The topological polar surface area (TPSA) is 71.2 Å². The molecule has 0 bridgehead atoms. The highest BCUT2D eigenvalue weighted by Crippen LogP contribution is 2.24. The SMILES string of the molecule is Cl.Nc1ncc(CNC2CCCN(c3ccccc3F)C2=O)s1. The average Bonchev–Trinajstić information content (AvgIpc) is 2.93. The van der Waals surface area contributed by atoms with E-state index >= 15 is 0 Å². The van der Waals surface area contributed by atoms with Crippen LogP contribution in [-0.4, -0.2) is 23.5 Å². The summed E-state index contributed by atoms with van der Waals surface area (Å²) in [6.45, 7) is 1.09. The van der Waals surface area contributed by atoms with E-state index in [1.807, 2.05) is 0 Å². The average molecular weight is 357 g/mol. The fourth-order valence-corrected chi connectivity index (χ4v) is 3.24. The fraction of sp³-hybridized carbons (Fsp3) is 0.333. The third-order valence-corrected chi connectivity index (χ3v) is 4.50. The Morgan fingerprint density at radius 2 is 2.22 bits per heavy atom. The number of halogens is 2. The Kier molecular flexibility index (Phi) is 5.92. The first-order valence-corrected chi connectivity index (χ1v) is 7.96. The Morgan fingerprint density at radius 3 is 2.91 bits per heavy atom. The highest BCUT2D eigenvalue weighted by Gasteiger charge is 2.30. The van der Waals surface area contributed by atoms with Crippen LogP contribution < -0.4 is 16.0 Å². The largest absolute Gasteiger partial charge is 0.375 e. The number of piperidine rings is 1. The molecule has 5 nitrogen and oxygen atoms in total. The standard InChI is InChI=1S/C15H17FN4OS.ClH/c16-11-4-1-2-6-13(11)20-7-3-5-12(14(20)21)18-8-10-9-19-15(17)22-10;/h1-2,4,6,9,12,18H,3,5,7-8H2,(H2,17,19);1H. The molecule has 1 saturated heterocycles. The normalized spacial score (nSPS) is 17.9. The number of nitrogens with two attached hydrogens (primary N) is 1. The maximum Gasteiger partial charge on any atom is 0.244 e. The number of nitrogens with one attached hydrogen (secondary N) is 1. The van der Waals surface area contributed by atoms with Crippen molar-refractivity contribution in [1.29, 1.82) is 0 Å². The summed E-state index contributed by atoms with van der Waals surface area (Å²) in [4.78, 5) is 19.1. The summed E-state index contributed by atoms with van der Waals surface area (Å²) in [5.74, 6) is -0.458. The molecule has 1 aliphatic heterocycles.